The molecular weight excluding hydrogens is 356 g/mol. The highest BCUT2D eigenvalue weighted by Gasteiger charge is 2.14. The van der Waals surface area contributed by atoms with Crippen LogP contribution in [0.15, 0.2) is 54.7 Å². The third kappa shape index (κ3) is 5.23. The van der Waals surface area contributed by atoms with Crippen molar-refractivity contribution in [3.63, 3.8) is 0 Å². The van der Waals surface area contributed by atoms with Gasteiger partial charge in [0, 0.05) is 36.5 Å². The quantitative estimate of drug-likeness (QED) is 0.487. The molecule has 0 bridgehead atoms. The van der Waals surface area contributed by atoms with E-state index in [1.165, 1.54) is 12.1 Å². The number of nitrogens with one attached hydrogen (secondary N) is 2. The van der Waals surface area contributed by atoms with Crippen molar-refractivity contribution >= 4 is 17.5 Å². The Morgan fingerprint density at radius 3 is 2.39 bits per heavy atom. The predicted molar refractivity (Wildman–Crippen MR) is 109 cm³/mol. The minimum Gasteiger partial charge on any atom is -0.366 e. The van der Waals surface area contributed by atoms with Gasteiger partial charge in [0.2, 0.25) is 5.95 Å². The van der Waals surface area contributed by atoms with E-state index < -0.39 is 4.92 Å². The van der Waals surface area contributed by atoms with Crippen LogP contribution in [0.1, 0.15) is 26.3 Å². The third-order valence-corrected chi connectivity index (χ3v) is 3.76. The van der Waals surface area contributed by atoms with Crippen molar-refractivity contribution in [1.29, 1.82) is 0 Å². The van der Waals surface area contributed by atoms with Crippen LogP contribution in [0.25, 0.3) is 11.4 Å². The number of hydrogen-bond acceptors (Lipinski definition) is 7. The molecule has 2 aromatic heterocycles. The van der Waals surface area contributed by atoms with Crippen LogP contribution in [0, 0.1) is 10.1 Å². The summed E-state index contributed by atoms with van der Waals surface area (Å²) in [6.45, 7) is 6.58. The van der Waals surface area contributed by atoms with Crippen LogP contribution in [0.2, 0.25) is 0 Å². The van der Waals surface area contributed by atoms with Gasteiger partial charge in [-0.25, -0.2) is 4.98 Å². The number of hydrogen-bond donors (Lipinski definition) is 2. The average Bonchev–Trinajstić information content (AvgIpc) is 2.66. The summed E-state index contributed by atoms with van der Waals surface area (Å²) in [5.74, 6) is 1.14. The van der Waals surface area contributed by atoms with Gasteiger partial charge in [-0.2, -0.15) is 4.98 Å². The Kier molecular flexibility index (Phi) is 5.49. The van der Waals surface area contributed by atoms with Gasteiger partial charge in [-0.15, -0.1) is 0 Å². The first-order valence-electron chi connectivity index (χ1n) is 8.86. The minimum absolute atomic E-state index is 0.0693. The molecule has 0 saturated carbocycles. The molecule has 28 heavy (non-hydrogen) atoms. The number of rotatable bonds is 6. The number of nitro groups is 1. The molecule has 1 aromatic carbocycles. The van der Waals surface area contributed by atoms with Crippen molar-refractivity contribution in [3.05, 3.63) is 70.4 Å². The number of benzene rings is 1. The third-order valence-electron chi connectivity index (χ3n) is 3.76. The van der Waals surface area contributed by atoms with Gasteiger partial charge >= 0.3 is 0 Å². The largest absolute Gasteiger partial charge is 0.366 e. The lowest BCUT2D eigenvalue weighted by Crippen LogP contribution is -2.27. The van der Waals surface area contributed by atoms with Crippen LogP contribution in [0.5, 0.6) is 0 Å². The van der Waals surface area contributed by atoms with Crippen molar-refractivity contribution in [1.82, 2.24) is 15.0 Å². The lowest BCUT2D eigenvalue weighted by molar-refractivity contribution is -0.384. The second-order valence-corrected chi connectivity index (χ2v) is 7.33. The summed E-state index contributed by atoms with van der Waals surface area (Å²) in [6, 6.07) is 13.9. The molecule has 3 aromatic rings. The Labute approximate surface area is 163 Å². The minimum atomic E-state index is -0.411. The van der Waals surface area contributed by atoms with E-state index in [0.29, 0.717) is 24.0 Å². The van der Waals surface area contributed by atoms with Crippen LogP contribution in [-0.4, -0.2) is 25.4 Å². The molecule has 0 aliphatic rings. The van der Waals surface area contributed by atoms with Crippen molar-refractivity contribution in [3.8, 4) is 11.4 Å². The maximum absolute atomic E-state index is 10.8. The fourth-order valence-corrected chi connectivity index (χ4v) is 2.50. The molecule has 0 aliphatic heterocycles. The molecule has 0 spiro atoms. The lowest BCUT2D eigenvalue weighted by Gasteiger charge is -2.21. The number of aromatic nitrogens is 3. The number of non-ortho nitro benzene ring substituents is 1. The molecule has 0 amide bonds. The van der Waals surface area contributed by atoms with E-state index in [2.05, 4.69) is 25.6 Å². The maximum atomic E-state index is 10.8. The zero-order valence-corrected chi connectivity index (χ0v) is 16.0. The molecule has 0 unspecified atom stereocenters. The topological polar surface area (TPSA) is 106 Å². The average molecular weight is 378 g/mol. The van der Waals surface area contributed by atoms with Crippen molar-refractivity contribution in [2.75, 3.05) is 10.6 Å². The summed E-state index contributed by atoms with van der Waals surface area (Å²) in [5, 5.41) is 17.3. The summed E-state index contributed by atoms with van der Waals surface area (Å²) in [4.78, 5) is 23.8. The van der Waals surface area contributed by atoms with E-state index in [1.54, 1.807) is 18.3 Å². The van der Waals surface area contributed by atoms with Crippen LogP contribution in [0.3, 0.4) is 0 Å². The first-order valence-corrected chi connectivity index (χ1v) is 8.86. The summed E-state index contributed by atoms with van der Waals surface area (Å²) in [6.07, 6.45) is 1.72. The highest BCUT2D eigenvalue weighted by molar-refractivity contribution is 5.61. The Bertz CT molecular complexity index is 953. The van der Waals surface area contributed by atoms with Gasteiger partial charge in [-0.05, 0) is 38.5 Å². The first-order chi connectivity index (χ1) is 13.3. The molecule has 3 rings (SSSR count). The molecule has 0 aliphatic carbocycles. The summed E-state index contributed by atoms with van der Waals surface area (Å²) in [7, 11) is 0. The predicted octanol–water partition coefficient (Wildman–Crippen LogP) is 4.27. The monoisotopic (exact) mass is 378 g/mol. The Morgan fingerprint density at radius 1 is 1.04 bits per heavy atom. The Hall–Kier alpha value is -3.55. The molecule has 2 N–H and O–H groups in total. The molecule has 0 saturated heterocycles. The van der Waals surface area contributed by atoms with Gasteiger partial charge in [0.05, 0.1) is 16.3 Å². The second kappa shape index (κ2) is 7.99. The van der Waals surface area contributed by atoms with Gasteiger partial charge < -0.3 is 10.6 Å². The van der Waals surface area contributed by atoms with Gasteiger partial charge in [-0.3, -0.25) is 15.1 Å². The Morgan fingerprint density at radius 2 is 1.79 bits per heavy atom. The van der Waals surface area contributed by atoms with Crippen molar-refractivity contribution < 1.29 is 4.92 Å². The molecule has 0 atom stereocenters. The summed E-state index contributed by atoms with van der Waals surface area (Å²) in [5.41, 5.74) is 2.24. The van der Waals surface area contributed by atoms with E-state index in [9.17, 15) is 10.1 Å². The Balaban J connectivity index is 1.84. The number of nitro benzene ring substituents is 1. The zero-order valence-electron chi connectivity index (χ0n) is 16.0. The number of anilines is 2. The lowest BCUT2D eigenvalue weighted by atomic mass is 10.1. The van der Waals surface area contributed by atoms with Gasteiger partial charge in [0.15, 0.2) is 0 Å². The van der Waals surface area contributed by atoms with Crippen molar-refractivity contribution in [2.45, 2.75) is 32.9 Å². The van der Waals surface area contributed by atoms with E-state index in [0.717, 1.165) is 11.3 Å². The molecular formula is C20H22N6O2. The summed E-state index contributed by atoms with van der Waals surface area (Å²) >= 11 is 0. The highest BCUT2D eigenvalue weighted by atomic mass is 16.6. The van der Waals surface area contributed by atoms with E-state index in [1.807, 2.05) is 45.0 Å². The second-order valence-electron chi connectivity index (χ2n) is 7.33. The van der Waals surface area contributed by atoms with Gasteiger partial charge in [-0.1, -0.05) is 18.2 Å². The zero-order chi connectivity index (χ0) is 20.1. The molecule has 0 fully saturated rings. The molecule has 2 heterocycles. The molecule has 144 valence electrons. The smallest absolute Gasteiger partial charge is 0.269 e. The fourth-order valence-electron chi connectivity index (χ4n) is 2.50. The first kappa shape index (κ1) is 19.2. The SMILES string of the molecule is CC(C)(C)Nc1nc(NCc2ccc([N+](=O)[O-])cc2)cc(-c2ccccn2)n1. The standard InChI is InChI=1S/C20H22N6O2/c1-20(2,3)25-19-23-17(16-6-4-5-11-21-16)12-18(24-19)22-13-14-7-9-15(10-8-14)26(27)28/h4-12H,13H2,1-3H3,(H2,22,23,24,25). The van der Waals surface area contributed by atoms with Crippen LogP contribution in [-0.2, 0) is 6.54 Å². The number of pyridine rings is 1. The maximum Gasteiger partial charge on any atom is 0.269 e. The van der Waals surface area contributed by atoms with E-state index >= 15 is 0 Å². The van der Waals surface area contributed by atoms with Crippen LogP contribution < -0.4 is 10.6 Å². The normalized spacial score (nSPS) is 11.1. The molecule has 8 nitrogen and oxygen atoms in total. The molecule has 8 heteroatoms. The van der Waals surface area contributed by atoms with E-state index in [4.69, 9.17) is 0 Å². The van der Waals surface area contributed by atoms with Crippen LogP contribution >= 0.6 is 0 Å². The van der Waals surface area contributed by atoms with Gasteiger partial charge in [0.25, 0.3) is 5.69 Å². The van der Waals surface area contributed by atoms with Crippen LogP contribution in [0.4, 0.5) is 17.5 Å². The van der Waals surface area contributed by atoms with Gasteiger partial charge in [0.1, 0.15) is 5.82 Å². The number of nitrogens with zero attached hydrogens (tertiary/aromatic N) is 4. The van der Waals surface area contributed by atoms with Crippen molar-refractivity contribution in [2.24, 2.45) is 0 Å². The molecule has 0 radical (unpaired) electrons. The highest BCUT2D eigenvalue weighted by Crippen LogP contribution is 2.22. The van der Waals surface area contributed by atoms with E-state index in [-0.39, 0.29) is 11.2 Å². The summed E-state index contributed by atoms with van der Waals surface area (Å²) < 4.78 is 0. The fraction of sp³-hybridized carbons (Fsp3) is 0.250.